The highest BCUT2D eigenvalue weighted by molar-refractivity contribution is 7.08. The largest absolute Gasteiger partial charge is 0.337 e. The maximum Gasteiger partial charge on any atom is 0.254 e. The number of piperidine rings is 1. The third-order valence-corrected chi connectivity index (χ3v) is 4.34. The molecule has 0 saturated carbocycles. The zero-order valence-corrected chi connectivity index (χ0v) is 10.0. The van der Waals surface area contributed by atoms with E-state index < -0.39 is 0 Å². The number of rotatable bonds is 1. The molecule has 1 aromatic rings. The molecule has 16 heavy (non-hydrogen) atoms. The van der Waals surface area contributed by atoms with E-state index >= 15 is 0 Å². The lowest BCUT2D eigenvalue weighted by atomic mass is 9.94. The Morgan fingerprint density at radius 3 is 3.19 bits per heavy atom. The topological polar surface area (TPSA) is 32.3 Å². The Balaban J connectivity index is 1.71. The van der Waals surface area contributed by atoms with Gasteiger partial charge in [0.2, 0.25) is 0 Å². The van der Waals surface area contributed by atoms with Crippen molar-refractivity contribution in [3.8, 4) is 0 Å². The van der Waals surface area contributed by atoms with Gasteiger partial charge in [0.25, 0.3) is 5.91 Å². The molecule has 1 N–H and O–H groups in total. The van der Waals surface area contributed by atoms with Crippen molar-refractivity contribution in [2.24, 2.45) is 5.92 Å². The number of hydrogen-bond acceptors (Lipinski definition) is 3. The van der Waals surface area contributed by atoms with Gasteiger partial charge in [0.05, 0.1) is 5.56 Å². The summed E-state index contributed by atoms with van der Waals surface area (Å²) in [5, 5.41) is 7.43. The lowest BCUT2D eigenvalue weighted by Crippen LogP contribution is -2.41. The Morgan fingerprint density at radius 1 is 1.50 bits per heavy atom. The monoisotopic (exact) mass is 236 g/mol. The van der Waals surface area contributed by atoms with Crippen LogP contribution < -0.4 is 5.32 Å². The van der Waals surface area contributed by atoms with Crippen molar-refractivity contribution in [1.82, 2.24) is 10.2 Å². The highest BCUT2D eigenvalue weighted by atomic mass is 32.1. The van der Waals surface area contributed by atoms with Crippen molar-refractivity contribution in [1.29, 1.82) is 0 Å². The summed E-state index contributed by atoms with van der Waals surface area (Å²) in [6.07, 6.45) is 2.52. The average molecular weight is 236 g/mol. The summed E-state index contributed by atoms with van der Waals surface area (Å²) in [5.41, 5.74) is 0.851. The number of nitrogens with one attached hydrogen (secondary N) is 1. The molecule has 0 aromatic carbocycles. The van der Waals surface area contributed by atoms with Crippen LogP contribution in [0.15, 0.2) is 16.8 Å². The average Bonchev–Trinajstić information content (AvgIpc) is 2.97. The molecule has 0 radical (unpaired) electrons. The van der Waals surface area contributed by atoms with Crippen LogP contribution in [0.3, 0.4) is 0 Å². The van der Waals surface area contributed by atoms with Crippen LogP contribution in [0, 0.1) is 5.92 Å². The third kappa shape index (κ3) is 1.76. The molecule has 3 heterocycles. The highest BCUT2D eigenvalue weighted by Crippen LogP contribution is 2.26. The molecule has 4 heteroatoms. The van der Waals surface area contributed by atoms with Gasteiger partial charge in [-0.05, 0) is 36.8 Å². The smallest absolute Gasteiger partial charge is 0.254 e. The van der Waals surface area contributed by atoms with E-state index in [9.17, 15) is 4.79 Å². The van der Waals surface area contributed by atoms with Gasteiger partial charge in [-0.3, -0.25) is 4.79 Å². The van der Waals surface area contributed by atoms with Gasteiger partial charge in [-0.1, -0.05) is 0 Å². The van der Waals surface area contributed by atoms with Crippen molar-refractivity contribution in [2.45, 2.75) is 18.9 Å². The SMILES string of the molecule is O=C(c1ccsc1)N1CC2CCCNC2C1. The second-order valence-corrected chi connectivity index (χ2v) is 5.47. The highest BCUT2D eigenvalue weighted by Gasteiger charge is 2.36. The number of hydrogen-bond donors (Lipinski definition) is 1. The maximum atomic E-state index is 12.2. The van der Waals surface area contributed by atoms with E-state index in [0.717, 1.165) is 25.2 Å². The molecular formula is C12H16N2OS. The van der Waals surface area contributed by atoms with Crippen LogP contribution in [0.25, 0.3) is 0 Å². The van der Waals surface area contributed by atoms with E-state index in [-0.39, 0.29) is 5.91 Å². The molecule has 2 atom stereocenters. The minimum absolute atomic E-state index is 0.206. The summed E-state index contributed by atoms with van der Waals surface area (Å²) in [6, 6.07) is 2.46. The van der Waals surface area contributed by atoms with Gasteiger partial charge in [-0.15, -0.1) is 0 Å². The fourth-order valence-corrected chi connectivity index (χ4v) is 3.41. The van der Waals surface area contributed by atoms with Gasteiger partial charge in [-0.2, -0.15) is 11.3 Å². The number of carbonyl (C=O) groups excluding carboxylic acids is 1. The van der Waals surface area contributed by atoms with Gasteiger partial charge in [0, 0.05) is 24.5 Å². The first-order valence-electron chi connectivity index (χ1n) is 5.89. The lowest BCUT2D eigenvalue weighted by molar-refractivity contribution is 0.0786. The first-order valence-corrected chi connectivity index (χ1v) is 6.84. The van der Waals surface area contributed by atoms with Crippen LogP contribution in [0.5, 0.6) is 0 Å². The summed E-state index contributed by atoms with van der Waals surface area (Å²) in [5.74, 6) is 0.883. The molecule has 2 fully saturated rings. The van der Waals surface area contributed by atoms with E-state index in [0.29, 0.717) is 12.0 Å². The Hall–Kier alpha value is -0.870. The van der Waals surface area contributed by atoms with Gasteiger partial charge >= 0.3 is 0 Å². The fourth-order valence-electron chi connectivity index (χ4n) is 2.78. The van der Waals surface area contributed by atoms with E-state index in [1.165, 1.54) is 12.8 Å². The number of nitrogens with zero attached hydrogens (tertiary/aromatic N) is 1. The predicted octanol–water partition coefficient (Wildman–Crippen LogP) is 1.57. The summed E-state index contributed by atoms with van der Waals surface area (Å²) in [4.78, 5) is 14.2. The van der Waals surface area contributed by atoms with Crippen LogP contribution in [0.2, 0.25) is 0 Å². The first-order chi connectivity index (χ1) is 7.84. The molecule has 0 bridgehead atoms. The molecule has 2 aliphatic rings. The molecular weight excluding hydrogens is 220 g/mol. The Bertz CT molecular complexity index is 362. The Labute approximate surface area is 99.5 Å². The van der Waals surface area contributed by atoms with Crippen molar-refractivity contribution < 1.29 is 4.79 Å². The zero-order valence-electron chi connectivity index (χ0n) is 9.19. The van der Waals surface area contributed by atoms with Crippen LogP contribution in [-0.2, 0) is 0 Å². The van der Waals surface area contributed by atoms with E-state index in [2.05, 4.69) is 5.32 Å². The van der Waals surface area contributed by atoms with E-state index in [4.69, 9.17) is 0 Å². The molecule has 3 nitrogen and oxygen atoms in total. The summed E-state index contributed by atoms with van der Waals surface area (Å²) < 4.78 is 0. The lowest BCUT2D eigenvalue weighted by Gasteiger charge is -2.24. The fraction of sp³-hybridized carbons (Fsp3) is 0.583. The Kier molecular flexibility index (Phi) is 2.69. The summed E-state index contributed by atoms with van der Waals surface area (Å²) in [6.45, 7) is 2.94. The molecule has 2 unspecified atom stereocenters. The number of fused-ring (bicyclic) bond motifs is 1. The number of carbonyl (C=O) groups is 1. The number of thiophene rings is 1. The molecule has 2 aliphatic heterocycles. The molecule has 1 amide bonds. The van der Waals surface area contributed by atoms with Gasteiger partial charge in [0.15, 0.2) is 0 Å². The molecule has 86 valence electrons. The second-order valence-electron chi connectivity index (χ2n) is 4.69. The van der Waals surface area contributed by atoms with Crippen molar-refractivity contribution in [2.75, 3.05) is 19.6 Å². The van der Waals surface area contributed by atoms with Crippen LogP contribution >= 0.6 is 11.3 Å². The van der Waals surface area contributed by atoms with E-state index in [1.54, 1.807) is 11.3 Å². The number of amides is 1. The standard InChI is InChI=1S/C12H16N2OS/c15-12(10-3-5-16-8-10)14-6-9-2-1-4-13-11(9)7-14/h3,5,8-9,11,13H,1-2,4,6-7H2. The minimum Gasteiger partial charge on any atom is -0.337 e. The molecule has 0 spiro atoms. The molecule has 1 aromatic heterocycles. The summed E-state index contributed by atoms with van der Waals surface area (Å²) in [7, 11) is 0. The quantitative estimate of drug-likeness (QED) is 0.803. The second kappa shape index (κ2) is 4.18. The van der Waals surface area contributed by atoms with E-state index in [1.807, 2.05) is 21.7 Å². The summed E-state index contributed by atoms with van der Waals surface area (Å²) >= 11 is 1.59. The molecule has 0 aliphatic carbocycles. The van der Waals surface area contributed by atoms with Crippen LogP contribution in [-0.4, -0.2) is 36.5 Å². The zero-order chi connectivity index (χ0) is 11.0. The maximum absolute atomic E-state index is 12.2. The Morgan fingerprint density at radius 2 is 2.44 bits per heavy atom. The van der Waals surface area contributed by atoms with Crippen LogP contribution in [0.1, 0.15) is 23.2 Å². The van der Waals surface area contributed by atoms with Gasteiger partial charge < -0.3 is 10.2 Å². The van der Waals surface area contributed by atoms with Crippen molar-refractivity contribution in [3.05, 3.63) is 22.4 Å². The molecule has 2 saturated heterocycles. The normalized spacial score (nSPS) is 29.1. The predicted molar refractivity (Wildman–Crippen MR) is 64.7 cm³/mol. The third-order valence-electron chi connectivity index (χ3n) is 3.65. The first kappa shape index (κ1) is 10.3. The van der Waals surface area contributed by atoms with Crippen LogP contribution in [0.4, 0.5) is 0 Å². The van der Waals surface area contributed by atoms with Crippen molar-refractivity contribution >= 4 is 17.2 Å². The minimum atomic E-state index is 0.206. The van der Waals surface area contributed by atoms with Gasteiger partial charge in [0.1, 0.15) is 0 Å². The van der Waals surface area contributed by atoms with Crippen molar-refractivity contribution in [3.63, 3.8) is 0 Å². The van der Waals surface area contributed by atoms with Gasteiger partial charge in [-0.25, -0.2) is 0 Å². The molecule has 3 rings (SSSR count). The number of likely N-dealkylation sites (tertiary alicyclic amines) is 1.